The van der Waals surface area contributed by atoms with Crippen LogP contribution in [0.5, 0.6) is 0 Å². The summed E-state index contributed by atoms with van der Waals surface area (Å²) in [7, 11) is -0.343. The van der Waals surface area contributed by atoms with E-state index in [1.165, 1.54) is 27.5 Å². The van der Waals surface area contributed by atoms with E-state index in [9.17, 15) is 0 Å². The van der Waals surface area contributed by atoms with Gasteiger partial charge in [-0.25, -0.2) is 0 Å². The molecule has 36 heavy (non-hydrogen) atoms. The van der Waals surface area contributed by atoms with Crippen LogP contribution in [0.15, 0.2) is 77.2 Å². The van der Waals surface area contributed by atoms with Crippen molar-refractivity contribution >= 4 is 23.4 Å². The summed E-state index contributed by atoms with van der Waals surface area (Å²) >= 11 is 0. The Morgan fingerprint density at radius 3 is 2.08 bits per heavy atom. The Bertz CT molecular complexity index is 1340. The molecule has 0 N–H and O–H groups in total. The number of aryl methyl sites for hydroxylation is 2. The minimum atomic E-state index is -0.343. The lowest BCUT2D eigenvalue weighted by molar-refractivity contribution is 0.00578. The van der Waals surface area contributed by atoms with Gasteiger partial charge in [-0.15, -0.1) is 0 Å². The van der Waals surface area contributed by atoms with E-state index in [-0.39, 0.29) is 18.3 Å². The monoisotopic (exact) mass is 481 g/mol. The highest BCUT2D eigenvalue weighted by Gasteiger charge is 2.51. The third kappa shape index (κ3) is 5.01. The molecular formula is C31H36BNO3. The minimum Gasteiger partial charge on any atom is -0.465 e. The Labute approximate surface area is 215 Å². The number of rotatable bonds is 7. The fraction of sp³-hybridized carbons (Fsp3) is 0.355. The minimum absolute atomic E-state index is 0.343. The molecule has 0 saturated carbocycles. The molecule has 0 aliphatic carbocycles. The van der Waals surface area contributed by atoms with Crippen LogP contribution in [0.1, 0.15) is 55.9 Å². The Kier molecular flexibility index (Phi) is 6.58. The van der Waals surface area contributed by atoms with Gasteiger partial charge in [0.05, 0.1) is 17.7 Å². The topological polar surface area (TPSA) is 34.8 Å². The number of furan rings is 1. The Morgan fingerprint density at radius 2 is 1.42 bits per heavy atom. The molecule has 2 heterocycles. The van der Waals surface area contributed by atoms with Gasteiger partial charge in [-0.05, 0) is 86.6 Å². The molecule has 1 aromatic heterocycles. The van der Waals surface area contributed by atoms with Crippen molar-refractivity contribution in [3.05, 3.63) is 101 Å². The Morgan fingerprint density at radius 1 is 0.722 bits per heavy atom. The van der Waals surface area contributed by atoms with Crippen molar-refractivity contribution in [2.75, 3.05) is 0 Å². The molecule has 0 atom stereocenters. The number of benzene rings is 3. The number of hydrogen-bond donors (Lipinski definition) is 0. The van der Waals surface area contributed by atoms with E-state index in [2.05, 4.69) is 106 Å². The van der Waals surface area contributed by atoms with E-state index in [4.69, 9.17) is 13.7 Å². The van der Waals surface area contributed by atoms with E-state index < -0.39 is 0 Å². The van der Waals surface area contributed by atoms with Crippen LogP contribution in [-0.2, 0) is 28.9 Å². The predicted molar refractivity (Wildman–Crippen MR) is 147 cm³/mol. The predicted octanol–water partition coefficient (Wildman–Crippen LogP) is 6.55. The van der Waals surface area contributed by atoms with Crippen LogP contribution in [0.2, 0.25) is 0 Å². The van der Waals surface area contributed by atoms with Crippen LogP contribution >= 0.6 is 0 Å². The maximum Gasteiger partial charge on any atom is 0.494 e. The highest BCUT2D eigenvalue weighted by Crippen LogP contribution is 2.36. The lowest BCUT2D eigenvalue weighted by atomic mass is 9.79. The summed E-state index contributed by atoms with van der Waals surface area (Å²) in [6.45, 7) is 15.0. The van der Waals surface area contributed by atoms with Gasteiger partial charge in [0.2, 0.25) is 0 Å². The number of fused-ring (bicyclic) bond motifs is 1. The molecule has 0 radical (unpaired) electrons. The first kappa shape index (κ1) is 24.8. The van der Waals surface area contributed by atoms with Crippen LogP contribution in [0.3, 0.4) is 0 Å². The van der Waals surface area contributed by atoms with Gasteiger partial charge in [-0.2, -0.15) is 0 Å². The van der Waals surface area contributed by atoms with E-state index in [0.717, 1.165) is 36.6 Å². The molecule has 0 bridgehead atoms. The van der Waals surface area contributed by atoms with E-state index >= 15 is 0 Å². The second kappa shape index (κ2) is 9.55. The van der Waals surface area contributed by atoms with Crippen molar-refractivity contribution in [3.8, 4) is 0 Å². The highest BCUT2D eigenvalue weighted by atomic mass is 16.7. The van der Waals surface area contributed by atoms with Crippen LogP contribution in [0.4, 0.5) is 0 Å². The summed E-state index contributed by atoms with van der Waals surface area (Å²) in [4.78, 5) is 2.46. The van der Waals surface area contributed by atoms with Gasteiger partial charge in [-0.1, -0.05) is 60.7 Å². The zero-order valence-corrected chi connectivity index (χ0v) is 22.3. The van der Waals surface area contributed by atoms with E-state index in [0.29, 0.717) is 0 Å². The van der Waals surface area contributed by atoms with Crippen LogP contribution in [-0.4, -0.2) is 23.2 Å². The van der Waals surface area contributed by atoms with Gasteiger partial charge >= 0.3 is 7.12 Å². The molecule has 0 spiro atoms. The maximum absolute atomic E-state index is 6.24. The van der Waals surface area contributed by atoms with Gasteiger partial charge in [0.15, 0.2) is 0 Å². The average molecular weight is 481 g/mol. The van der Waals surface area contributed by atoms with Crippen molar-refractivity contribution in [3.63, 3.8) is 0 Å². The summed E-state index contributed by atoms with van der Waals surface area (Å²) in [6.07, 6.45) is 0. The third-order valence-corrected chi connectivity index (χ3v) is 7.74. The molecule has 186 valence electrons. The molecule has 4 aromatic rings. The second-order valence-electron chi connectivity index (χ2n) is 11.1. The van der Waals surface area contributed by atoms with Crippen molar-refractivity contribution < 1.29 is 13.7 Å². The molecule has 5 heteroatoms. The number of nitrogens with zero attached hydrogens (tertiary/aromatic N) is 1. The molecular weight excluding hydrogens is 445 g/mol. The fourth-order valence-corrected chi connectivity index (χ4v) is 4.85. The molecule has 0 unspecified atom stereocenters. The molecule has 4 nitrogen and oxygen atoms in total. The van der Waals surface area contributed by atoms with Gasteiger partial charge in [0.1, 0.15) is 11.5 Å². The second-order valence-corrected chi connectivity index (χ2v) is 11.1. The zero-order chi connectivity index (χ0) is 25.5. The van der Waals surface area contributed by atoms with E-state index in [1.54, 1.807) is 0 Å². The smallest absolute Gasteiger partial charge is 0.465 e. The molecule has 1 aliphatic heterocycles. The molecule has 3 aromatic carbocycles. The van der Waals surface area contributed by atoms with Crippen LogP contribution in [0.25, 0.3) is 10.8 Å². The van der Waals surface area contributed by atoms with Gasteiger partial charge in [-0.3, -0.25) is 4.90 Å². The fourth-order valence-electron chi connectivity index (χ4n) is 4.85. The average Bonchev–Trinajstić information content (AvgIpc) is 3.34. The molecule has 5 rings (SSSR count). The molecule has 1 saturated heterocycles. The molecule has 0 amide bonds. The summed E-state index contributed by atoms with van der Waals surface area (Å²) in [5.74, 6) is 1.93. The first-order valence-electron chi connectivity index (χ1n) is 12.8. The lowest BCUT2D eigenvalue weighted by Gasteiger charge is -2.32. The first-order chi connectivity index (χ1) is 17.1. The van der Waals surface area contributed by atoms with Gasteiger partial charge in [0.25, 0.3) is 0 Å². The van der Waals surface area contributed by atoms with Crippen LogP contribution in [0, 0.1) is 13.8 Å². The van der Waals surface area contributed by atoms with Gasteiger partial charge < -0.3 is 13.7 Å². The largest absolute Gasteiger partial charge is 0.494 e. The van der Waals surface area contributed by atoms with Crippen molar-refractivity contribution in [1.82, 2.24) is 4.90 Å². The lowest BCUT2D eigenvalue weighted by Crippen LogP contribution is -2.41. The van der Waals surface area contributed by atoms with Crippen molar-refractivity contribution in [2.45, 2.75) is 72.4 Å². The third-order valence-electron chi connectivity index (χ3n) is 7.74. The number of hydrogen-bond acceptors (Lipinski definition) is 4. The quantitative estimate of drug-likeness (QED) is 0.281. The summed E-state index contributed by atoms with van der Waals surface area (Å²) in [5.41, 5.74) is 4.29. The molecule has 1 fully saturated rings. The van der Waals surface area contributed by atoms with Crippen molar-refractivity contribution in [1.29, 1.82) is 0 Å². The molecule has 1 aliphatic rings. The summed E-state index contributed by atoms with van der Waals surface area (Å²) in [5, 5.41) is 2.59. The maximum atomic E-state index is 6.24. The van der Waals surface area contributed by atoms with Gasteiger partial charge in [0, 0.05) is 13.1 Å². The first-order valence-corrected chi connectivity index (χ1v) is 12.8. The Balaban J connectivity index is 1.39. The Hall–Kier alpha value is -2.86. The standard InChI is InChI=1S/C31H36BNO3/c1-22-11-15-25-9-7-8-10-28(25)29(22)21-33(20-27-18-12-23(2)34-27)19-24-13-16-26(17-14-24)32-35-30(3,4)31(5,6)36-32/h7-18H,19-21H2,1-6H3. The van der Waals surface area contributed by atoms with Crippen molar-refractivity contribution in [2.24, 2.45) is 0 Å². The summed E-state index contributed by atoms with van der Waals surface area (Å²) in [6, 6.07) is 25.9. The zero-order valence-electron chi connectivity index (χ0n) is 22.3. The normalized spacial score (nSPS) is 16.8. The summed E-state index contributed by atoms with van der Waals surface area (Å²) < 4.78 is 18.4. The SMILES string of the molecule is Cc1ccc(CN(Cc2ccc(B3OC(C)(C)C(C)(C)O3)cc2)Cc2c(C)ccc3ccccc23)o1. The van der Waals surface area contributed by atoms with Crippen LogP contribution < -0.4 is 5.46 Å². The highest BCUT2D eigenvalue weighted by molar-refractivity contribution is 6.62. The van der Waals surface area contributed by atoms with E-state index in [1.807, 2.05) is 13.0 Å².